The summed E-state index contributed by atoms with van der Waals surface area (Å²) in [5.74, 6) is -0.00942. The van der Waals surface area contributed by atoms with Crippen molar-refractivity contribution >= 4 is 22.7 Å². The highest BCUT2D eigenvalue weighted by Crippen LogP contribution is 2.18. The maximum absolute atomic E-state index is 12.3. The van der Waals surface area contributed by atoms with E-state index >= 15 is 0 Å². The lowest BCUT2D eigenvalue weighted by atomic mass is 10.2. The molecule has 1 amide bonds. The summed E-state index contributed by atoms with van der Waals surface area (Å²) < 4.78 is 10.5. The molecule has 2 N–H and O–H groups in total. The van der Waals surface area contributed by atoms with Crippen LogP contribution in [0.1, 0.15) is 30.1 Å². The van der Waals surface area contributed by atoms with Crippen molar-refractivity contribution in [2.75, 3.05) is 11.9 Å². The summed E-state index contributed by atoms with van der Waals surface area (Å²) in [7, 11) is 0. The number of anilines is 1. The summed E-state index contributed by atoms with van der Waals surface area (Å²) in [6.45, 7) is 2.78. The molecule has 6 heteroatoms. The summed E-state index contributed by atoms with van der Waals surface area (Å²) in [5.41, 5.74) is 2.09. The maximum Gasteiger partial charge on any atom is 0.417 e. The first kappa shape index (κ1) is 15.9. The average Bonchev–Trinajstić information content (AvgIpc) is 2.95. The zero-order valence-corrected chi connectivity index (χ0v) is 13.3. The van der Waals surface area contributed by atoms with Crippen molar-refractivity contribution in [1.82, 2.24) is 4.98 Å². The first-order valence-electron chi connectivity index (χ1n) is 7.83. The van der Waals surface area contributed by atoms with Crippen LogP contribution in [0.5, 0.6) is 5.75 Å². The van der Waals surface area contributed by atoms with Crippen molar-refractivity contribution in [3.63, 3.8) is 0 Å². The normalized spacial score (nSPS) is 10.7. The Bertz CT molecular complexity index is 893. The minimum atomic E-state index is -0.521. The summed E-state index contributed by atoms with van der Waals surface area (Å²) in [4.78, 5) is 26.0. The van der Waals surface area contributed by atoms with Crippen molar-refractivity contribution in [3.05, 3.63) is 58.6 Å². The van der Waals surface area contributed by atoms with E-state index in [1.165, 1.54) is 0 Å². The number of aromatic amines is 1. The first-order valence-corrected chi connectivity index (χ1v) is 7.83. The number of unbranched alkanes of at least 4 members (excludes halogenated alkanes) is 1. The Labute approximate surface area is 138 Å². The zero-order chi connectivity index (χ0) is 16.9. The van der Waals surface area contributed by atoms with Gasteiger partial charge in [0.05, 0.1) is 12.1 Å². The molecular formula is C18H18N2O4. The summed E-state index contributed by atoms with van der Waals surface area (Å²) in [6.07, 6.45) is 2.08. The molecule has 0 spiro atoms. The van der Waals surface area contributed by atoms with Crippen molar-refractivity contribution in [1.29, 1.82) is 0 Å². The van der Waals surface area contributed by atoms with E-state index in [0.717, 1.165) is 18.6 Å². The fourth-order valence-electron chi connectivity index (χ4n) is 2.27. The van der Waals surface area contributed by atoms with Gasteiger partial charge in [-0.2, -0.15) is 0 Å². The van der Waals surface area contributed by atoms with Crippen LogP contribution in [0.2, 0.25) is 0 Å². The fraction of sp³-hybridized carbons (Fsp3) is 0.222. The van der Waals surface area contributed by atoms with E-state index < -0.39 is 5.76 Å². The second-order valence-electron chi connectivity index (χ2n) is 5.41. The Kier molecular flexibility index (Phi) is 4.65. The third-order valence-corrected chi connectivity index (χ3v) is 3.56. The molecule has 2 aromatic carbocycles. The number of nitrogens with one attached hydrogen (secondary N) is 2. The minimum absolute atomic E-state index is 0.236. The highest BCUT2D eigenvalue weighted by Gasteiger charge is 2.08. The molecule has 0 saturated carbocycles. The lowest BCUT2D eigenvalue weighted by Gasteiger charge is -2.07. The number of amides is 1. The van der Waals surface area contributed by atoms with Gasteiger partial charge >= 0.3 is 5.76 Å². The van der Waals surface area contributed by atoms with Gasteiger partial charge in [-0.1, -0.05) is 13.3 Å². The Morgan fingerprint density at radius 3 is 2.75 bits per heavy atom. The van der Waals surface area contributed by atoms with Gasteiger partial charge in [-0.05, 0) is 48.9 Å². The van der Waals surface area contributed by atoms with Crippen LogP contribution in [0.25, 0.3) is 11.1 Å². The molecule has 0 atom stereocenters. The standard InChI is InChI=1S/C18H18N2O4/c1-2-3-10-23-14-7-4-12(5-8-14)17(21)19-13-6-9-16-15(11-13)20-18(22)24-16/h4-9,11H,2-3,10H2,1H3,(H,19,21)(H,20,22). The number of carbonyl (C=O) groups is 1. The molecule has 0 radical (unpaired) electrons. The van der Waals surface area contributed by atoms with Crippen LogP contribution in [-0.2, 0) is 0 Å². The quantitative estimate of drug-likeness (QED) is 0.678. The lowest BCUT2D eigenvalue weighted by Crippen LogP contribution is -2.11. The number of oxazole rings is 1. The van der Waals surface area contributed by atoms with Gasteiger partial charge in [0.2, 0.25) is 0 Å². The molecule has 0 unspecified atom stereocenters. The largest absolute Gasteiger partial charge is 0.494 e. The predicted molar refractivity (Wildman–Crippen MR) is 91.6 cm³/mol. The molecule has 3 aromatic rings. The molecule has 0 saturated heterocycles. The lowest BCUT2D eigenvalue weighted by molar-refractivity contribution is 0.102. The van der Waals surface area contributed by atoms with Crippen molar-refractivity contribution < 1.29 is 13.9 Å². The molecule has 1 aromatic heterocycles. The highest BCUT2D eigenvalue weighted by atomic mass is 16.5. The molecule has 6 nitrogen and oxygen atoms in total. The monoisotopic (exact) mass is 326 g/mol. The molecule has 0 aliphatic rings. The van der Waals surface area contributed by atoms with Crippen molar-refractivity contribution in [2.24, 2.45) is 0 Å². The molecule has 3 rings (SSSR count). The topological polar surface area (TPSA) is 84.3 Å². The number of ether oxygens (including phenoxy) is 1. The Hall–Kier alpha value is -3.02. The van der Waals surface area contributed by atoms with E-state index in [1.54, 1.807) is 42.5 Å². The Morgan fingerprint density at radius 2 is 2.00 bits per heavy atom. The average molecular weight is 326 g/mol. The maximum atomic E-state index is 12.3. The number of H-pyrrole nitrogens is 1. The van der Waals surface area contributed by atoms with Gasteiger partial charge in [-0.25, -0.2) is 4.79 Å². The summed E-state index contributed by atoms with van der Waals surface area (Å²) >= 11 is 0. The molecule has 24 heavy (non-hydrogen) atoms. The van der Waals surface area contributed by atoms with Gasteiger partial charge in [-0.15, -0.1) is 0 Å². The fourth-order valence-corrected chi connectivity index (χ4v) is 2.27. The molecule has 0 fully saturated rings. The van der Waals surface area contributed by atoms with Crippen LogP contribution in [0.15, 0.2) is 51.7 Å². The van der Waals surface area contributed by atoms with Gasteiger partial charge in [0.15, 0.2) is 5.58 Å². The Balaban J connectivity index is 1.67. The molecular weight excluding hydrogens is 308 g/mol. The van der Waals surface area contributed by atoms with E-state index in [0.29, 0.717) is 29.0 Å². The van der Waals surface area contributed by atoms with Gasteiger partial charge in [0, 0.05) is 11.3 Å². The third-order valence-electron chi connectivity index (χ3n) is 3.56. The van der Waals surface area contributed by atoms with Gasteiger partial charge in [0.25, 0.3) is 5.91 Å². The zero-order valence-electron chi connectivity index (χ0n) is 13.3. The molecule has 1 heterocycles. The van der Waals surface area contributed by atoms with Crippen molar-refractivity contribution in [3.8, 4) is 5.75 Å². The summed E-state index contributed by atoms with van der Waals surface area (Å²) in [5, 5.41) is 2.79. The molecule has 124 valence electrons. The van der Waals surface area contributed by atoms with E-state index in [4.69, 9.17) is 9.15 Å². The number of hydrogen-bond donors (Lipinski definition) is 2. The number of hydrogen-bond acceptors (Lipinski definition) is 4. The van der Waals surface area contributed by atoms with E-state index in [1.807, 2.05) is 0 Å². The predicted octanol–water partition coefficient (Wildman–Crippen LogP) is 3.55. The number of benzene rings is 2. The van der Waals surface area contributed by atoms with Crippen LogP contribution >= 0.6 is 0 Å². The molecule has 0 bridgehead atoms. The van der Waals surface area contributed by atoms with Crippen molar-refractivity contribution in [2.45, 2.75) is 19.8 Å². The van der Waals surface area contributed by atoms with Crippen LogP contribution in [0.4, 0.5) is 5.69 Å². The second-order valence-corrected chi connectivity index (χ2v) is 5.41. The SMILES string of the molecule is CCCCOc1ccc(C(=O)Nc2ccc3oc(=O)[nH]c3c2)cc1. The van der Waals surface area contributed by atoms with Crippen LogP contribution < -0.4 is 15.8 Å². The number of rotatable bonds is 6. The first-order chi connectivity index (χ1) is 11.7. The van der Waals surface area contributed by atoms with E-state index in [9.17, 15) is 9.59 Å². The van der Waals surface area contributed by atoms with E-state index in [-0.39, 0.29) is 5.91 Å². The van der Waals surface area contributed by atoms with Crippen LogP contribution in [0.3, 0.4) is 0 Å². The summed E-state index contributed by atoms with van der Waals surface area (Å²) in [6, 6.07) is 12.0. The minimum Gasteiger partial charge on any atom is -0.494 e. The smallest absolute Gasteiger partial charge is 0.417 e. The van der Waals surface area contributed by atoms with Gasteiger partial charge in [0.1, 0.15) is 5.75 Å². The van der Waals surface area contributed by atoms with E-state index in [2.05, 4.69) is 17.2 Å². The molecule has 0 aliphatic carbocycles. The highest BCUT2D eigenvalue weighted by molar-refractivity contribution is 6.04. The third kappa shape index (κ3) is 3.65. The number of fused-ring (bicyclic) bond motifs is 1. The van der Waals surface area contributed by atoms with Crippen LogP contribution in [0, 0.1) is 0 Å². The van der Waals surface area contributed by atoms with Gasteiger partial charge in [-0.3, -0.25) is 9.78 Å². The Morgan fingerprint density at radius 1 is 1.21 bits per heavy atom. The van der Waals surface area contributed by atoms with Crippen LogP contribution in [-0.4, -0.2) is 17.5 Å². The number of carbonyl (C=O) groups excluding carboxylic acids is 1. The van der Waals surface area contributed by atoms with Gasteiger partial charge < -0.3 is 14.5 Å². The second kappa shape index (κ2) is 7.04. The molecule has 0 aliphatic heterocycles. The number of aromatic nitrogens is 1.